The number of anilines is 1. The zero-order valence-electron chi connectivity index (χ0n) is 16.8. The second-order valence-electron chi connectivity index (χ2n) is 6.80. The number of thiazole rings is 2. The fraction of sp³-hybridized carbons (Fsp3) is 0.150. The van der Waals surface area contributed by atoms with Crippen molar-refractivity contribution < 1.29 is 14.1 Å². The van der Waals surface area contributed by atoms with Crippen molar-refractivity contribution in [1.29, 1.82) is 0 Å². The molecule has 0 saturated heterocycles. The van der Waals surface area contributed by atoms with Crippen LogP contribution in [0.25, 0.3) is 20.4 Å². The molecule has 166 valence electrons. The van der Waals surface area contributed by atoms with Crippen molar-refractivity contribution >= 4 is 71.6 Å². The number of nitrogens with zero attached hydrogens (tertiary/aromatic N) is 5. The van der Waals surface area contributed by atoms with Gasteiger partial charge in [0.25, 0.3) is 10.9 Å². The zero-order chi connectivity index (χ0) is 22.8. The number of amides is 1. The molecule has 0 aliphatic carbocycles. The van der Waals surface area contributed by atoms with Gasteiger partial charge in [-0.15, -0.1) is 21.5 Å². The minimum Gasteiger partial charge on any atom is -0.416 e. The molecule has 0 aliphatic rings. The minimum atomic E-state index is -0.467. The van der Waals surface area contributed by atoms with E-state index in [2.05, 4.69) is 25.5 Å². The molecule has 1 N–H and O–H groups in total. The summed E-state index contributed by atoms with van der Waals surface area (Å²) >= 11 is 3.95. The van der Waals surface area contributed by atoms with Gasteiger partial charge in [0.2, 0.25) is 11.8 Å². The number of hydrogen-bond acceptors (Lipinski definition) is 11. The Kier molecular flexibility index (Phi) is 5.98. The monoisotopic (exact) mass is 498 g/mol. The van der Waals surface area contributed by atoms with E-state index in [0.29, 0.717) is 39.3 Å². The number of nitro groups is 1. The third-order valence-corrected chi connectivity index (χ3v) is 7.34. The summed E-state index contributed by atoms with van der Waals surface area (Å²) in [5.74, 6) is 0.267. The first-order chi connectivity index (χ1) is 16.0. The van der Waals surface area contributed by atoms with Gasteiger partial charge in [-0.2, -0.15) is 0 Å². The largest absolute Gasteiger partial charge is 0.416 e. The molecule has 3 heterocycles. The molecule has 33 heavy (non-hydrogen) atoms. The maximum Gasteiger partial charge on any atom is 0.277 e. The summed E-state index contributed by atoms with van der Waals surface area (Å²) in [6.45, 7) is 0. The average molecular weight is 499 g/mol. The highest BCUT2D eigenvalue weighted by atomic mass is 32.2. The lowest BCUT2D eigenvalue weighted by atomic mass is 10.3. The van der Waals surface area contributed by atoms with E-state index in [1.54, 1.807) is 17.4 Å². The van der Waals surface area contributed by atoms with Gasteiger partial charge in [-0.3, -0.25) is 14.9 Å². The van der Waals surface area contributed by atoms with Gasteiger partial charge in [-0.05, 0) is 18.2 Å². The van der Waals surface area contributed by atoms with Crippen LogP contribution in [0.3, 0.4) is 0 Å². The van der Waals surface area contributed by atoms with Crippen LogP contribution in [0.2, 0.25) is 0 Å². The lowest BCUT2D eigenvalue weighted by Gasteiger charge is -1.98. The standard InChI is InChI=1S/C20H14N6O4S3/c27-16(23-19-22-13-6-5-11(26(28)29)9-15(13)33-19)10-31-20-25-24-17(30-20)7-8-18-21-12-3-1-2-4-14(12)32-18/h1-6,9H,7-8,10H2,(H,22,23,27). The average Bonchev–Trinajstić information content (AvgIpc) is 3.52. The van der Waals surface area contributed by atoms with Gasteiger partial charge in [-0.1, -0.05) is 35.2 Å². The van der Waals surface area contributed by atoms with Crippen LogP contribution in [0.4, 0.5) is 10.8 Å². The number of nitro benzene ring substituents is 1. The van der Waals surface area contributed by atoms with Crippen LogP contribution < -0.4 is 5.32 Å². The number of fused-ring (bicyclic) bond motifs is 2. The van der Waals surface area contributed by atoms with Gasteiger partial charge in [-0.25, -0.2) is 9.97 Å². The Morgan fingerprint density at radius 3 is 2.76 bits per heavy atom. The highest BCUT2D eigenvalue weighted by Crippen LogP contribution is 2.29. The predicted molar refractivity (Wildman–Crippen MR) is 127 cm³/mol. The van der Waals surface area contributed by atoms with Crippen LogP contribution in [-0.2, 0) is 17.6 Å². The van der Waals surface area contributed by atoms with Crippen molar-refractivity contribution in [2.75, 3.05) is 11.1 Å². The number of aromatic nitrogens is 4. The molecule has 5 aromatic rings. The highest BCUT2D eigenvalue weighted by molar-refractivity contribution is 7.99. The number of benzene rings is 2. The predicted octanol–water partition coefficient (Wildman–Crippen LogP) is 4.71. The van der Waals surface area contributed by atoms with Crippen molar-refractivity contribution in [3.63, 3.8) is 0 Å². The smallest absolute Gasteiger partial charge is 0.277 e. The second kappa shape index (κ2) is 9.21. The van der Waals surface area contributed by atoms with Gasteiger partial charge in [0.05, 0.1) is 36.1 Å². The molecule has 3 aromatic heterocycles. The molecule has 5 rings (SSSR count). The van der Waals surface area contributed by atoms with E-state index in [9.17, 15) is 14.9 Å². The van der Waals surface area contributed by atoms with Crippen LogP contribution >= 0.6 is 34.4 Å². The molecule has 0 fully saturated rings. The van der Waals surface area contributed by atoms with E-state index >= 15 is 0 Å². The number of aryl methyl sites for hydroxylation is 2. The van der Waals surface area contributed by atoms with E-state index < -0.39 is 4.92 Å². The molecule has 0 bridgehead atoms. The Morgan fingerprint density at radius 2 is 1.91 bits per heavy atom. The van der Waals surface area contributed by atoms with Crippen molar-refractivity contribution in [1.82, 2.24) is 20.2 Å². The maximum absolute atomic E-state index is 12.3. The number of thioether (sulfide) groups is 1. The second-order valence-corrected chi connectivity index (χ2v) is 9.87. The fourth-order valence-electron chi connectivity index (χ4n) is 3.00. The third-order valence-electron chi connectivity index (χ3n) is 4.50. The topological polar surface area (TPSA) is 137 Å². The molecule has 0 atom stereocenters. The van der Waals surface area contributed by atoms with Crippen molar-refractivity contribution in [3.8, 4) is 0 Å². The molecule has 0 unspecified atom stereocenters. The molecule has 0 saturated carbocycles. The van der Waals surface area contributed by atoms with Crippen molar-refractivity contribution in [3.05, 3.63) is 63.5 Å². The van der Waals surface area contributed by atoms with Crippen LogP contribution in [-0.4, -0.2) is 36.7 Å². The summed E-state index contributed by atoms with van der Waals surface area (Å²) in [5.41, 5.74) is 1.55. The van der Waals surface area contributed by atoms with E-state index in [-0.39, 0.29) is 17.3 Å². The lowest BCUT2D eigenvalue weighted by Crippen LogP contribution is -2.13. The van der Waals surface area contributed by atoms with Crippen molar-refractivity contribution in [2.24, 2.45) is 0 Å². The van der Waals surface area contributed by atoms with Gasteiger partial charge in [0, 0.05) is 25.0 Å². The number of nitrogens with one attached hydrogen (secondary N) is 1. The third kappa shape index (κ3) is 4.99. The van der Waals surface area contributed by atoms with Gasteiger partial charge in [0.15, 0.2) is 5.13 Å². The van der Waals surface area contributed by atoms with Crippen LogP contribution in [0.5, 0.6) is 0 Å². The number of para-hydroxylation sites is 1. The van der Waals surface area contributed by atoms with Crippen LogP contribution in [0.1, 0.15) is 10.9 Å². The Morgan fingerprint density at radius 1 is 1.06 bits per heavy atom. The summed E-state index contributed by atoms with van der Waals surface area (Å²) in [5, 5.41) is 23.3. The first-order valence-corrected chi connectivity index (χ1v) is 12.3. The molecular weight excluding hydrogens is 484 g/mol. The Labute approximate surface area is 198 Å². The molecule has 0 aliphatic heterocycles. The number of hydrogen-bond donors (Lipinski definition) is 1. The lowest BCUT2D eigenvalue weighted by molar-refractivity contribution is -0.384. The number of non-ortho nitro benzene ring substituents is 1. The van der Waals surface area contributed by atoms with Gasteiger partial charge in [0.1, 0.15) is 0 Å². The summed E-state index contributed by atoms with van der Waals surface area (Å²) in [6.07, 6.45) is 1.26. The summed E-state index contributed by atoms with van der Waals surface area (Å²) < 4.78 is 7.40. The Bertz CT molecular complexity index is 1440. The SMILES string of the molecule is O=C(CSc1nnc(CCc2nc3ccccc3s2)o1)Nc1nc2ccc([N+](=O)[O-])cc2s1. The van der Waals surface area contributed by atoms with E-state index in [1.165, 1.54) is 23.5 Å². The van der Waals surface area contributed by atoms with E-state index in [4.69, 9.17) is 4.42 Å². The van der Waals surface area contributed by atoms with E-state index in [0.717, 1.165) is 27.0 Å². The quantitative estimate of drug-likeness (QED) is 0.183. The normalized spacial score (nSPS) is 11.3. The Balaban J connectivity index is 1.13. The number of carbonyl (C=O) groups excluding carboxylic acids is 1. The van der Waals surface area contributed by atoms with Gasteiger partial charge < -0.3 is 9.73 Å². The molecule has 0 radical (unpaired) electrons. The van der Waals surface area contributed by atoms with Crippen LogP contribution in [0, 0.1) is 10.1 Å². The Hall–Kier alpha value is -3.42. The van der Waals surface area contributed by atoms with Gasteiger partial charge >= 0.3 is 0 Å². The summed E-state index contributed by atoms with van der Waals surface area (Å²) in [4.78, 5) is 31.6. The van der Waals surface area contributed by atoms with E-state index in [1.807, 2.05) is 24.3 Å². The molecule has 13 heteroatoms. The minimum absolute atomic E-state index is 0.0186. The molecule has 1 amide bonds. The molecule has 0 spiro atoms. The van der Waals surface area contributed by atoms with Crippen LogP contribution in [0.15, 0.2) is 52.1 Å². The summed E-state index contributed by atoms with van der Waals surface area (Å²) in [7, 11) is 0. The molecular formula is C20H14N6O4S3. The summed E-state index contributed by atoms with van der Waals surface area (Å²) in [6, 6.07) is 12.4. The zero-order valence-corrected chi connectivity index (χ0v) is 19.2. The number of carbonyl (C=O) groups is 1. The maximum atomic E-state index is 12.3. The first-order valence-electron chi connectivity index (χ1n) is 9.68. The molecule has 10 nitrogen and oxygen atoms in total. The van der Waals surface area contributed by atoms with Crippen molar-refractivity contribution in [2.45, 2.75) is 18.1 Å². The highest BCUT2D eigenvalue weighted by Gasteiger charge is 2.14. The fourth-order valence-corrected chi connectivity index (χ4v) is 5.46. The molecule has 2 aromatic carbocycles. The number of rotatable bonds is 8. The first kappa shape index (κ1) is 21.4.